The van der Waals surface area contributed by atoms with Crippen LogP contribution in [-0.4, -0.2) is 11.8 Å². The minimum atomic E-state index is -0.868. The molecule has 1 aromatic rings. The van der Waals surface area contributed by atoms with Crippen molar-refractivity contribution in [1.82, 2.24) is 0 Å². The SMILES string of the molecule is NC(=O)/C(N)=C(\C(N)=O)c1ccccc1. The van der Waals surface area contributed by atoms with Crippen molar-refractivity contribution < 1.29 is 9.59 Å². The maximum Gasteiger partial charge on any atom is 0.265 e. The molecular weight excluding hydrogens is 194 g/mol. The molecular formula is C10H11N3O2. The van der Waals surface area contributed by atoms with Gasteiger partial charge in [0.1, 0.15) is 5.70 Å². The molecule has 1 rings (SSSR count). The van der Waals surface area contributed by atoms with Crippen LogP contribution in [-0.2, 0) is 9.59 Å². The lowest BCUT2D eigenvalue weighted by atomic mass is 10.0. The summed E-state index contributed by atoms with van der Waals surface area (Å²) in [6, 6.07) is 8.41. The number of carbonyl (C=O) groups is 2. The fraction of sp³-hybridized carbons (Fsp3) is 0. The first-order valence-electron chi connectivity index (χ1n) is 4.18. The summed E-state index contributed by atoms with van der Waals surface area (Å²) < 4.78 is 0. The van der Waals surface area contributed by atoms with E-state index in [1.54, 1.807) is 30.3 Å². The number of carbonyl (C=O) groups excluding carboxylic acids is 2. The molecule has 0 fully saturated rings. The van der Waals surface area contributed by atoms with E-state index < -0.39 is 11.8 Å². The predicted molar refractivity (Wildman–Crippen MR) is 55.9 cm³/mol. The zero-order valence-electron chi connectivity index (χ0n) is 7.94. The molecule has 0 aromatic heterocycles. The van der Waals surface area contributed by atoms with Crippen LogP contribution < -0.4 is 17.2 Å². The molecule has 0 radical (unpaired) electrons. The number of benzene rings is 1. The summed E-state index contributed by atoms with van der Waals surface area (Å²) in [6.07, 6.45) is 0. The third-order valence-corrected chi connectivity index (χ3v) is 1.84. The summed E-state index contributed by atoms with van der Waals surface area (Å²) in [6.45, 7) is 0. The van der Waals surface area contributed by atoms with Crippen LogP contribution in [0.3, 0.4) is 0 Å². The molecule has 15 heavy (non-hydrogen) atoms. The molecule has 0 unspecified atom stereocenters. The topological polar surface area (TPSA) is 112 Å². The Morgan fingerprint density at radius 1 is 0.867 bits per heavy atom. The summed E-state index contributed by atoms with van der Waals surface area (Å²) in [4.78, 5) is 22.0. The maximum atomic E-state index is 11.1. The first-order chi connectivity index (χ1) is 7.04. The van der Waals surface area contributed by atoms with Crippen molar-refractivity contribution in [2.24, 2.45) is 17.2 Å². The van der Waals surface area contributed by atoms with Gasteiger partial charge in [0.15, 0.2) is 0 Å². The van der Waals surface area contributed by atoms with E-state index in [2.05, 4.69) is 0 Å². The highest BCUT2D eigenvalue weighted by Gasteiger charge is 2.15. The molecule has 0 bridgehead atoms. The van der Waals surface area contributed by atoms with Crippen molar-refractivity contribution in [3.8, 4) is 0 Å². The molecule has 5 nitrogen and oxygen atoms in total. The average molecular weight is 205 g/mol. The molecule has 2 amide bonds. The van der Waals surface area contributed by atoms with Gasteiger partial charge in [0, 0.05) is 0 Å². The smallest absolute Gasteiger partial charge is 0.265 e. The molecule has 78 valence electrons. The van der Waals surface area contributed by atoms with Crippen molar-refractivity contribution in [3.63, 3.8) is 0 Å². The molecule has 0 heterocycles. The average Bonchev–Trinajstić information content (AvgIpc) is 2.18. The Morgan fingerprint density at radius 3 is 1.80 bits per heavy atom. The Balaban J connectivity index is 3.34. The van der Waals surface area contributed by atoms with Crippen LogP contribution in [0.2, 0.25) is 0 Å². The van der Waals surface area contributed by atoms with Crippen molar-refractivity contribution >= 4 is 17.4 Å². The zero-order valence-corrected chi connectivity index (χ0v) is 7.94. The van der Waals surface area contributed by atoms with Crippen LogP contribution >= 0.6 is 0 Å². The van der Waals surface area contributed by atoms with Gasteiger partial charge in [-0.05, 0) is 5.56 Å². The summed E-state index contributed by atoms with van der Waals surface area (Å²) in [5.74, 6) is -1.65. The van der Waals surface area contributed by atoms with E-state index in [-0.39, 0.29) is 11.3 Å². The van der Waals surface area contributed by atoms with E-state index in [1.807, 2.05) is 0 Å². The lowest BCUT2D eigenvalue weighted by Crippen LogP contribution is -2.26. The molecule has 0 spiro atoms. The van der Waals surface area contributed by atoms with Crippen LogP contribution in [0.4, 0.5) is 0 Å². The molecule has 6 N–H and O–H groups in total. The van der Waals surface area contributed by atoms with Gasteiger partial charge in [-0.1, -0.05) is 30.3 Å². The van der Waals surface area contributed by atoms with Gasteiger partial charge in [-0.3, -0.25) is 9.59 Å². The first kappa shape index (κ1) is 10.8. The number of nitrogens with two attached hydrogens (primary N) is 3. The van der Waals surface area contributed by atoms with Crippen molar-refractivity contribution in [2.75, 3.05) is 0 Å². The number of hydrogen-bond acceptors (Lipinski definition) is 3. The quantitative estimate of drug-likeness (QED) is 0.568. The molecule has 0 saturated heterocycles. The second kappa shape index (κ2) is 4.28. The summed E-state index contributed by atoms with van der Waals surface area (Å²) in [5.41, 5.74) is 15.6. The van der Waals surface area contributed by atoms with Gasteiger partial charge in [-0.15, -0.1) is 0 Å². The largest absolute Gasteiger partial charge is 0.394 e. The van der Waals surface area contributed by atoms with Crippen LogP contribution in [0, 0.1) is 0 Å². The maximum absolute atomic E-state index is 11.1. The van der Waals surface area contributed by atoms with Gasteiger partial charge < -0.3 is 17.2 Å². The highest BCUT2D eigenvalue weighted by Crippen LogP contribution is 2.15. The number of amides is 2. The van der Waals surface area contributed by atoms with Gasteiger partial charge in [0.25, 0.3) is 11.8 Å². The van der Waals surface area contributed by atoms with E-state index in [9.17, 15) is 9.59 Å². The highest BCUT2D eigenvalue weighted by molar-refractivity contribution is 6.24. The molecule has 0 atom stereocenters. The Labute approximate surface area is 86.5 Å². The van der Waals surface area contributed by atoms with Crippen LogP contribution in [0.25, 0.3) is 5.57 Å². The van der Waals surface area contributed by atoms with Gasteiger partial charge in [-0.25, -0.2) is 0 Å². The van der Waals surface area contributed by atoms with Crippen LogP contribution in [0.15, 0.2) is 36.0 Å². The lowest BCUT2D eigenvalue weighted by Gasteiger charge is -2.06. The molecule has 0 saturated carbocycles. The molecule has 1 aromatic carbocycles. The summed E-state index contributed by atoms with van der Waals surface area (Å²) >= 11 is 0. The van der Waals surface area contributed by atoms with Crippen molar-refractivity contribution in [3.05, 3.63) is 41.6 Å². The summed E-state index contributed by atoms with van der Waals surface area (Å²) in [5, 5.41) is 0. The second-order valence-corrected chi connectivity index (χ2v) is 2.88. The predicted octanol–water partition coefficient (Wildman–Crippen LogP) is -0.673. The number of hydrogen-bond donors (Lipinski definition) is 3. The fourth-order valence-electron chi connectivity index (χ4n) is 1.16. The number of primary amides is 2. The minimum Gasteiger partial charge on any atom is -0.394 e. The van der Waals surface area contributed by atoms with Crippen molar-refractivity contribution in [1.29, 1.82) is 0 Å². The molecule has 0 aliphatic carbocycles. The third-order valence-electron chi connectivity index (χ3n) is 1.84. The Bertz CT molecular complexity index is 424. The number of rotatable bonds is 3. The van der Waals surface area contributed by atoms with Gasteiger partial charge in [0.2, 0.25) is 0 Å². The highest BCUT2D eigenvalue weighted by atomic mass is 16.2. The third kappa shape index (κ3) is 2.34. The van der Waals surface area contributed by atoms with Gasteiger partial charge in [0.05, 0.1) is 5.57 Å². The second-order valence-electron chi connectivity index (χ2n) is 2.88. The van der Waals surface area contributed by atoms with Crippen molar-refractivity contribution in [2.45, 2.75) is 0 Å². The fourth-order valence-corrected chi connectivity index (χ4v) is 1.16. The first-order valence-corrected chi connectivity index (χ1v) is 4.18. The zero-order chi connectivity index (χ0) is 11.4. The minimum absolute atomic E-state index is 0.0527. The van der Waals surface area contributed by atoms with Gasteiger partial charge in [-0.2, -0.15) is 0 Å². The normalized spacial score (nSPS) is 11.7. The van der Waals surface area contributed by atoms with E-state index in [4.69, 9.17) is 17.2 Å². The van der Waals surface area contributed by atoms with E-state index in [0.717, 1.165) is 0 Å². The summed E-state index contributed by atoms with van der Waals surface area (Å²) in [7, 11) is 0. The Kier molecular flexibility index (Phi) is 3.07. The van der Waals surface area contributed by atoms with E-state index in [0.29, 0.717) is 5.56 Å². The Hall–Kier alpha value is -2.30. The van der Waals surface area contributed by atoms with Gasteiger partial charge >= 0.3 is 0 Å². The lowest BCUT2D eigenvalue weighted by molar-refractivity contribution is -0.116. The molecule has 0 aliphatic heterocycles. The van der Waals surface area contributed by atoms with Crippen LogP contribution in [0.5, 0.6) is 0 Å². The standard InChI is InChI=1S/C10H11N3O2/c11-8(10(13)15)7(9(12)14)6-4-2-1-3-5-6/h1-5H,11H2,(H2,12,14)(H2,13,15)/b8-7+. The Morgan fingerprint density at radius 2 is 1.40 bits per heavy atom. The molecule has 5 heteroatoms. The molecule has 0 aliphatic rings. The van der Waals surface area contributed by atoms with E-state index >= 15 is 0 Å². The van der Waals surface area contributed by atoms with E-state index in [1.165, 1.54) is 0 Å². The van der Waals surface area contributed by atoms with Crippen LogP contribution in [0.1, 0.15) is 5.56 Å². The monoisotopic (exact) mass is 205 g/mol.